The van der Waals surface area contributed by atoms with Gasteiger partial charge < -0.3 is 14.7 Å². The standard InChI is InChI=1S/C24H30N4O/c1-4-19-24(29)26(3)21-11-12-22(25-23(21)28(19)18-7-5-6-8-18)27-14-13-17-15-16(2)9-10-20(17)27/h9-12,15,18-19H,4-8,13-14H2,1-3H3/t19-/m1/s1. The summed E-state index contributed by atoms with van der Waals surface area (Å²) in [6, 6.07) is 11.2. The van der Waals surface area contributed by atoms with Crippen LogP contribution in [0.25, 0.3) is 0 Å². The Morgan fingerprint density at radius 2 is 1.86 bits per heavy atom. The minimum Gasteiger partial charge on any atom is -0.340 e. The van der Waals surface area contributed by atoms with Gasteiger partial charge in [0.2, 0.25) is 5.91 Å². The Balaban J connectivity index is 1.59. The van der Waals surface area contributed by atoms with E-state index in [1.165, 1.54) is 29.7 Å². The molecule has 2 aliphatic heterocycles. The van der Waals surface area contributed by atoms with Gasteiger partial charge in [-0.1, -0.05) is 37.5 Å². The topological polar surface area (TPSA) is 39.7 Å². The maximum atomic E-state index is 13.1. The van der Waals surface area contributed by atoms with Gasteiger partial charge >= 0.3 is 0 Å². The summed E-state index contributed by atoms with van der Waals surface area (Å²) < 4.78 is 0. The van der Waals surface area contributed by atoms with Crippen molar-refractivity contribution >= 4 is 28.9 Å². The summed E-state index contributed by atoms with van der Waals surface area (Å²) in [7, 11) is 1.89. The van der Waals surface area contributed by atoms with Gasteiger partial charge in [-0.3, -0.25) is 4.79 Å². The first-order valence-electron chi connectivity index (χ1n) is 11.0. The smallest absolute Gasteiger partial charge is 0.249 e. The molecule has 0 bridgehead atoms. The lowest BCUT2D eigenvalue weighted by atomic mass is 10.0. The molecule has 29 heavy (non-hydrogen) atoms. The number of carbonyl (C=O) groups is 1. The summed E-state index contributed by atoms with van der Waals surface area (Å²) >= 11 is 0. The Kier molecular flexibility index (Phi) is 4.49. The van der Waals surface area contributed by atoms with Gasteiger partial charge in [-0.05, 0) is 56.4 Å². The molecule has 5 heteroatoms. The molecule has 5 nitrogen and oxygen atoms in total. The van der Waals surface area contributed by atoms with E-state index in [1.807, 2.05) is 11.9 Å². The first kappa shape index (κ1) is 18.5. The van der Waals surface area contributed by atoms with Gasteiger partial charge in [0, 0.05) is 25.3 Å². The van der Waals surface area contributed by atoms with Gasteiger partial charge in [-0.15, -0.1) is 0 Å². The molecule has 3 heterocycles. The van der Waals surface area contributed by atoms with Gasteiger partial charge in [-0.2, -0.15) is 0 Å². The van der Waals surface area contributed by atoms with Crippen LogP contribution in [0.15, 0.2) is 30.3 Å². The molecule has 0 unspecified atom stereocenters. The van der Waals surface area contributed by atoms with Crippen molar-refractivity contribution in [2.24, 2.45) is 0 Å². The third kappa shape index (κ3) is 2.90. The second kappa shape index (κ2) is 7.05. The summed E-state index contributed by atoms with van der Waals surface area (Å²) in [4.78, 5) is 24.8. The fraction of sp³-hybridized carbons (Fsp3) is 0.500. The predicted molar refractivity (Wildman–Crippen MR) is 118 cm³/mol. The molecule has 3 aliphatic rings. The molecule has 5 rings (SSSR count). The van der Waals surface area contributed by atoms with Crippen molar-refractivity contribution in [3.63, 3.8) is 0 Å². The van der Waals surface area contributed by atoms with E-state index in [4.69, 9.17) is 4.98 Å². The number of rotatable bonds is 3. The monoisotopic (exact) mass is 390 g/mol. The molecule has 2 aromatic rings. The van der Waals surface area contributed by atoms with Crippen LogP contribution in [0.4, 0.5) is 23.0 Å². The van der Waals surface area contributed by atoms with E-state index in [0.717, 1.165) is 49.6 Å². The molecule has 1 aromatic heterocycles. The zero-order chi connectivity index (χ0) is 20.1. The summed E-state index contributed by atoms with van der Waals surface area (Å²) in [5.41, 5.74) is 4.92. The normalized spacial score (nSPS) is 21.7. The number of aromatic nitrogens is 1. The molecule has 1 amide bonds. The number of nitrogens with zero attached hydrogens (tertiary/aromatic N) is 4. The highest BCUT2D eigenvalue weighted by Crippen LogP contribution is 2.42. The number of amides is 1. The van der Waals surface area contributed by atoms with Gasteiger partial charge in [0.05, 0.1) is 5.69 Å². The zero-order valence-corrected chi connectivity index (χ0v) is 17.7. The van der Waals surface area contributed by atoms with E-state index in [1.54, 1.807) is 0 Å². The molecule has 0 N–H and O–H groups in total. The summed E-state index contributed by atoms with van der Waals surface area (Å²) in [5.74, 6) is 2.18. The van der Waals surface area contributed by atoms with Crippen LogP contribution in [-0.2, 0) is 11.2 Å². The molecule has 0 saturated heterocycles. The van der Waals surface area contributed by atoms with Crippen LogP contribution < -0.4 is 14.7 Å². The second-order valence-corrected chi connectivity index (χ2v) is 8.71. The van der Waals surface area contributed by atoms with Crippen LogP contribution in [0.5, 0.6) is 0 Å². The highest BCUT2D eigenvalue weighted by Gasteiger charge is 2.41. The van der Waals surface area contributed by atoms with Crippen molar-refractivity contribution in [1.29, 1.82) is 0 Å². The number of benzene rings is 1. The largest absolute Gasteiger partial charge is 0.340 e. The number of hydrogen-bond acceptors (Lipinski definition) is 4. The SMILES string of the molecule is CC[C@@H]1C(=O)N(C)c2ccc(N3CCc4cc(C)ccc43)nc2N1C1CCCC1. The van der Waals surface area contributed by atoms with Crippen LogP contribution in [0.1, 0.15) is 50.2 Å². The number of hydrogen-bond donors (Lipinski definition) is 0. The summed E-state index contributed by atoms with van der Waals surface area (Å²) in [6.45, 7) is 5.23. The molecular formula is C24H30N4O. The molecule has 1 aliphatic carbocycles. The van der Waals surface area contributed by atoms with E-state index < -0.39 is 0 Å². The first-order valence-corrected chi connectivity index (χ1v) is 11.0. The molecule has 1 saturated carbocycles. The molecule has 1 atom stereocenters. The van der Waals surface area contributed by atoms with Gasteiger partial charge in [0.25, 0.3) is 0 Å². The molecule has 1 fully saturated rings. The predicted octanol–water partition coefficient (Wildman–Crippen LogP) is 4.59. The maximum absolute atomic E-state index is 13.1. The van der Waals surface area contributed by atoms with Gasteiger partial charge in [-0.25, -0.2) is 4.98 Å². The third-order valence-electron chi connectivity index (χ3n) is 6.91. The van der Waals surface area contributed by atoms with E-state index in [2.05, 4.69) is 54.0 Å². The van der Waals surface area contributed by atoms with Crippen LogP contribution in [-0.4, -0.2) is 36.6 Å². The van der Waals surface area contributed by atoms with Crippen molar-refractivity contribution < 1.29 is 4.79 Å². The number of carbonyl (C=O) groups excluding carboxylic acids is 1. The van der Waals surface area contributed by atoms with E-state index in [0.29, 0.717) is 6.04 Å². The fourth-order valence-electron chi connectivity index (χ4n) is 5.39. The average molecular weight is 391 g/mol. The Morgan fingerprint density at radius 1 is 1.10 bits per heavy atom. The van der Waals surface area contributed by atoms with Crippen LogP contribution in [0.3, 0.4) is 0 Å². The van der Waals surface area contributed by atoms with Crippen molar-refractivity contribution in [3.8, 4) is 0 Å². The van der Waals surface area contributed by atoms with E-state index in [9.17, 15) is 4.79 Å². The van der Waals surface area contributed by atoms with Crippen LogP contribution in [0, 0.1) is 6.92 Å². The van der Waals surface area contributed by atoms with Gasteiger partial charge in [0.15, 0.2) is 5.82 Å². The molecule has 0 spiro atoms. The number of fused-ring (bicyclic) bond motifs is 2. The number of likely N-dealkylation sites (N-methyl/N-ethyl adjacent to an activating group) is 1. The lowest BCUT2D eigenvalue weighted by Crippen LogP contribution is -2.55. The number of aryl methyl sites for hydroxylation is 1. The highest BCUT2D eigenvalue weighted by molar-refractivity contribution is 6.04. The lowest BCUT2D eigenvalue weighted by Gasteiger charge is -2.44. The minimum absolute atomic E-state index is 0.105. The number of pyridine rings is 1. The lowest BCUT2D eigenvalue weighted by molar-refractivity contribution is -0.120. The fourth-order valence-corrected chi connectivity index (χ4v) is 5.39. The summed E-state index contributed by atoms with van der Waals surface area (Å²) in [5, 5.41) is 0. The Hall–Kier alpha value is -2.56. The van der Waals surface area contributed by atoms with E-state index >= 15 is 0 Å². The first-order chi connectivity index (χ1) is 14.1. The molecule has 0 radical (unpaired) electrons. The third-order valence-corrected chi connectivity index (χ3v) is 6.91. The Morgan fingerprint density at radius 3 is 2.62 bits per heavy atom. The molecule has 152 valence electrons. The summed E-state index contributed by atoms with van der Waals surface area (Å²) in [6.07, 6.45) is 6.68. The Labute approximate surface area is 173 Å². The van der Waals surface area contributed by atoms with Crippen molar-refractivity contribution in [3.05, 3.63) is 41.5 Å². The minimum atomic E-state index is -0.105. The van der Waals surface area contributed by atoms with Crippen molar-refractivity contribution in [2.75, 3.05) is 28.3 Å². The van der Waals surface area contributed by atoms with Crippen LogP contribution >= 0.6 is 0 Å². The second-order valence-electron chi connectivity index (χ2n) is 8.71. The highest BCUT2D eigenvalue weighted by atomic mass is 16.2. The average Bonchev–Trinajstić information content (AvgIpc) is 3.39. The maximum Gasteiger partial charge on any atom is 0.249 e. The van der Waals surface area contributed by atoms with Crippen LogP contribution in [0.2, 0.25) is 0 Å². The van der Waals surface area contributed by atoms with Crippen molar-refractivity contribution in [2.45, 2.75) is 64.5 Å². The molecular weight excluding hydrogens is 360 g/mol. The van der Waals surface area contributed by atoms with E-state index in [-0.39, 0.29) is 11.9 Å². The Bertz CT molecular complexity index is 950. The number of anilines is 4. The zero-order valence-electron chi connectivity index (χ0n) is 17.7. The quantitative estimate of drug-likeness (QED) is 0.769. The molecule has 1 aromatic carbocycles. The van der Waals surface area contributed by atoms with Gasteiger partial charge in [0.1, 0.15) is 11.9 Å². The van der Waals surface area contributed by atoms with Crippen molar-refractivity contribution in [1.82, 2.24) is 4.98 Å².